The van der Waals surface area contributed by atoms with Crippen LogP contribution in [0.3, 0.4) is 0 Å². The molecule has 2 rings (SSSR count). The molecule has 0 heterocycles. The van der Waals surface area contributed by atoms with Crippen molar-refractivity contribution in [1.82, 2.24) is 0 Å². The van der Waals surface area contributed by atoms with Crippen molar-refractivity contribution in [2.24, 2.45) is 4.99 Å². The minimum atomic E-state index is -1.50. The Hall–Kier alpha value is -2.10. The molecule has 0 atom stereocenters. The van der Waals surface area contributed by atoms with Crippen molar-refractivity contribution in [3.8, 4) is 0 Å². The molecule has 0 N–H and O–H groups in total. The van der Waals surface area contributed by atoms with E-state index in [0.717, 1.165) is 17.7 Å². The lowest BCUT2D eigenvalue weighted by Gasteiger charge is -2.04. The van der Waals surface area contributed by atoms with Gasteiger partial charge in [-0.15, -0.1) is 0 Å². The third-order valence-electron chi connectivity index (χ3n) is 2.97. The predicted octanol–water partition coefficient (Wildman–Crippen LogP) is 4.98. The molecule has 0 aliphatic heterocycles. The lowest BCUT2D eigenvalue weighted by atomic mass is 10.0. The van der Waals surface area contributed by atoms with Crippen molar-refractivity contribution in [2.45, 2.75) is 19.8 Å². The number of nitrogens with zero attached hydrogens (tertiary/aromatic N) is 1. The van der Waals surface area contributed by atoms with Crippen molar-refractivity contribution in [1.29, 1.82) is 0 Å². The van der Waals surface area contributed by atoms with Gasteiger partial charge in [0.05, 0.1) is 0 Å². The monoisotopic (exact) mass is 277 g/mol. The molecule has 0 aliphatic carbocycles. The second-order valence-corrected chi connectivity index (χ2v) is 4.77. The van der Waals surface area contributed by atoms with Crippen molar-refractivity contribution >= 4 is 11.9 Å². The number of benzene rings is 2. The second kappa shape index (κ2) is 5.90. The summed E-state index contributed by atoms with van der Waals surface area (Å²) < 4.78 is 39.2. The fourth-order valence-electron chi connectivity index (χ4n) is 1.73. The Labute approximate surface area is 115 Å². The van der Waals surface area contributed by atoms with E-state index in [1.807, 2.05) is 24.3 Å². The van der Waals surface area contributed by atoms with E-state index in [2.05, 4.69) is 18.8 Å². The zero-order valence-electron chi connectivity index (χ0n) is 11.2. The van der Waals surface area contributed by atoms with Gasteiger partial charge < -0.3 is 0 Å². The first-order chi connectivity index (χ1) is 9.49. The van der Waals surface area contributed by atoms with Crippen LogP contribution in [0.4, 0.5) is 18.9 Å². The highest BCUT2D eigenvalue weighted by atomic mass is 19.2. The minimum absolute atomic E-state index is 0.225. The number of halogens is 3. The lowest BCUT2D eigenvalue weighted by Crippen LogP contribution is -1.91. The van der Waals surface area contributed by atoms with Crippen molar-refractivity contribution < 1.29 is 13.2 Å². The molecule has 0 fully saturated rings. The first-order valence-corrected chi connectivity index (χ1v) is 6.26. The molecule has 0 bridgehead atoms. The summed E-state index contributed by atoms with van der Waals surface area (Å²) in [6, 6.07) is 9.55. The highest BCUT2D eigenvalue weighted by molar-refractivity contribution is 5.82. The van der Waals surface area contributed by atoms with Gasteiger partial charge in [0.2, 0.25) is 0 Å². The highest BCUT2D eigenvalue weighted by Gasteiger charge is 2.12. The zero-order chi connectivity index (χ0) is 14.7. The van der Waals surface area contributed by atoms with Gasteiger partial charge in [0.25, 0.3) is 0 Å². The maximum atomic E-state index is 13.4. The van der Waals surface area contributed by atoms with Gasteiger partial charge in [0, 0.05) is 6.21 Å². The molecule has 0 spiro atoms. The Bertz CT molecular complexity index is 631. The number of hydrogen-bond acceptors (Lipinski definition) is 1. The Kier molecular flexibility index (Phi) is 4.23. The predicted molar refractivity (Wildman–Crippen MR) is 74.1 cm³/mol. The molecule has 0 saturated heterocycles. The van der Waals surface area contributed by atoms with Gasteiger partial charge in [0.15, 0.2) is 17.5 Å². The Morgan fingerprint density at radius 1 is 0.900 bits per heavy atom. The molecule has 0 aliphatic rings. The van der Waals surface area contributed by atoms with E-state index >= 15 is 0 Å². The number of rotatable bonds is 3. The van der Waals surface area contributed by atoms with Crippen LogP contribution in [0, 0.1) is 17.5 Å². The quantitative estimate of drug-likeness (QED) is 0.554. The molecule has 20 heavy (non-hydrogen) atoms. The van der Waals surface area contributed by atoms with E-state index in [-0.39, 0.29) is 5.69 Å². The van der Waals surface area contributed by atoms with E-state index in [0.29, 0.717) is 5.92 Å². The molecule has 0 saturated carbocycles. The molecule has 0 amide bonds. The molecule has 4 heteroatoms. The summed E-state index contributed by atoms with van der Waals surface area (Å²) in [5.41, 5.74) is 1.72. The third-order valence-corrected chi connectivity index (χ3v) is 2.97. The van der Waals surface area contributed by atoms with Gasteiger partial charge >= 0.3 is 0 Å². The summed E-state index contributed by atoms with van der Waals surface area (Å²) in [5, 5.41) is 0. The SMILES string of the molecule is CC(C)c1ccc(C=Nc2ccc(F)c(F)c2F)cc1. The lowest BCUT2D eigenvalue weighted by molar-refractivity contribution is 0.448. The van der Waals surface area contributed by atoms with Crippen LogP contribution in [0.25, 0.3) is 0 Å². The molecule has 0 unspecified atom stereocenters. The Morgan fingerprint density at radius 3 is 2.15 bits per heavy atom. The Balaban J connectivity index is 2.23. The summed E-state index contributed by atoms with van der Waals surface area (Å²) in [4.78, 5) is 3.85. The standard InChI is InChI=1S/C16H14F3N/c1-10(2)12-5-3-11(4-6-12)9-20-14-8-7-13(17)15(18)16(14)19/h3-10H,1-2H3. The van der Waals surface area contributed by atoms with Gasteiger partial charge in [-0.05, 0) is 29.2 Å². The largest absolute Gasteiger partial charge is 0.253 e. The van der Waals surface area contributed by atoms with E-state index in [9.17, 15) is 13.2 Å². The van der Waals surface area contributed by atoms with Crippen LogP contribution in [0.5, 0.6) is 0 Å². The normalized spacial score (nSPS) is 11.5. The summed E-state index contributed by atoms with van der Waals surface area (Å²) in [7, 11) is 0. The maximum absolute atomic E-state index is 13.4. The highest BCUT2D eigenvalue weighted by Crippen LogP contribution is 2.22. The number of aliphatic imine (C=N–C) groups is 1. The Morgan fingerprint density at radius 2 is 1.55 bits per heavy atom. The van der Waals surface area contributed by atoms with Gasteiger partial charge in [-0.1, -0.05) is 38.1 Å². The van der Waals surface area contributed by atoms with Gasteiger partial charge in [-0.2, -0.15) is 0 Å². The smallest absolute Gasteiger partial charge is 0.196 e. The fourth-order valence-corrected chi connectivity index (χ4v) is 1.73. The molecule has 0 radical (unpaired) electrons. The summed E-state index contributed by atoms with van der Waals surface area (Å²) in [6.07, 6.45) is 1.42. The van der Waals surface area contributed by atoms with Crippen LogP contribution in [-0.2, 0) is 0 Å². The van der Waals surface area contributed by atoms with Crippen molar-refractivity contribution in [3.63, 3.8) is 0 Å². The topological polar surface area (TPSA) is 12.4 Å². The first-order valence-electron chi connectivity index (χ1n) is 6.26. The van der Waals surface area contributed by atoms with E-state index < -0.39 is 17.5 Å². The zero-order valence-corrected chi connectivity index (χ0v) is 11.2. The third kappa shape index (κ3) is 3.07. The van der Waals surface area contributed by atoms with Crippen molar-refractivity contribution in [2.75, 3.05) is 0 Å². The van der Waals surface area contributed by atoms with Crippen LogP contribution in [0.15, 0.2) is 41.4 Å². The summed E-state index contributed by atoms with van der Waals surface area (Å²) in [6.45, 7) is 4.17. The fraction of sp³-hybridized carbons (Fsp3) is 0.188. The van der Waals surface area contributed by atoms with Crippen LogP contribution in [0.1, 0.15) is 30.9 Å². The van der Waals surface area contributed by atoms with Gasteiger partial charge in [0.1, 0.15) is 5.69 Å². The minimum Gasteiger partial charge on any atom is -0.253 e. The molecular formula is C16H14F3N. The maximum Gasteiger partial charge on any atom is 0.196 e. The van der Waals surface area contributed by atoms with E-state index in [4.69, 9.17) is 0 Å². The van der Waals surface area contributed by atoms with Crippen molar-refractivity contribution in [3.05, 3.63) is 65.0 Å². The van der Waals surface area contributed by atoms with E-state index in [1.165, 1.54) is 11.8 Å². The van der Waals surface area contributed by atoms with E-state index in [1.54, 1.807) is 0 Å². The van der Waals surface area contributed by atoms with Gasteiger partial charge in [-0.3, -0.25) is 4.99 Å². The van der Waals surface area contributed by atoms with Crippen LogP contribution >= 0.6 is 0 Å². The van der Waals surface area contributed by atoms with Crippen LogP contribution < -0.4 is 0 Å². The average molecular weight is 277 g/mol. The molecule has 2 aromatic rings. The molecule has 104 valence electrons. The first kappa shape index (κ1) is 14.3. The summed E-state index contributed by atoms with van der Waals surface area (Å²) in [5.74, 6) is -3.58. The van der Waals surface area contributed by atoms with Crippen LogP contribution in [0.2, 0.25) is 0 Å². The molecule has 0 aromatic heterocycles. The average Bonchev–Trinajstić information content (AvgIpc) is 2.44. The number of hydrogen-bond donors (Lipinski definition) is 0. The second-order valence-electron chi connectivity index (χ2n) is 4.77. The molecular weight excluding hydrogens is 263 g/mol. The summed E-state index contributed by atoms with van der Waals surface area (Å²) >= 11 is 0. The molecule has 2 aromatic carbocycles. The molecule has 1 nitrogen and oxygen atoms in total. The van der Waals surface area contributed by atoms with Gasteiger partial charge in [-0.25, -0.2) is 13.2 Å². The van der Waals surface area contributed by atoms with Crippen LogP contribution in [-0.4, -0.2) is 6.21 Å².